The number of nitrogens with zero attached hydrogens (tertiary/aromatic N) is 2. The van der Waals surface area contributed by atoms with Crippen LogP contribution in [0.15, 0.2) is 35.1 Å². The first-order valence-corrected chi connectivity index (χ1v) is 6.61. The zero-order valence-corrected chi connectivity index (χ0v) is 12.5. The lowest BCUT2D eigenvalue weighted by molar-refractivity contribution is 0.0696. The van der Waals surface area contributed by atoms with Crippen molar-refractivity contribution in [2.45, 2.75) is 0 Å². The van der Waals surface area contributed by atoms with Crippen LogP contribution in [0.5, 0.6) is 11.8 Å². The molecule has 18 heavy (non-hydrogen) atoms. The molecular weight excluding hydrogens is 415 g/mol. The van der Waals surface area contributed by atoms with Crippen molar-refractivity contribution >= 4 is 44.5 Å². The van der Waals surface area contributed by atoms with E-state index in [4.69, 9.17) is 9.84 Å². The molecule has 1 N–H and O–H groups in total. The van der Waals surface area contributed by atoms with E-state index in [0.29, 0.717) is 10.2 Å². The third-order valence-corrected chi connectivity index (χ3v) is 3.19. The molecule has 2 rings (SSSR count). The van der Waals surface area contributed by atoms with Gasteiger partial charge in [-0.1, -0.05) is 0 Å². The van der Waals surface area contributed by atoms with Gasteiger partial charge >= 0.3 is 12.0 Å². The molecule has 0 atom stereocenters. The maximum absolute atomic E-state index is 10.9. The van der Waals surface area contributed by atoms with Crippen molar-refractivity contribution in [2.75, 3.05) is 0 Å². The Bertz CT molecular complexity index is 589. The van der Waals surface area contributed by atoms with Gasteiger partial charge in [0.05, 0.1) is 10.0 Å². The Balaban J connectivity index is 2.30. The van der Waals surface area contributed by atoms with E-state index in [-0.39, 0.29) is 11.6 Å². The van der Waals surface area contributed by atoms with Crippen LogP contribution in [0.3, 0.4) is 0 Å². The first-order valence-electron chi connectivity index (χ1n) is 4.74. The predicted octanol–water partition coefficient (Wildman–Crippen LogP) is 3.33. The number of carboxylic acid groups (broad SMARTS) is 1. The second kappa shape index (κ2) is 5.61. The van der Waals surface area contributed by atoms with Gasteiger partial charge in [-0.15, -0.1) is 0 Å². The summed E-state index contributed by atoms with van der Waals surface area (Å²) in [6.45, 7) is 0. The molecule has 0 bridgehead atoms. The minimum atomic E-state index is -1.02. The molecule has 5 nitrogen and oxygen atoms in total. The lowest BCUT2D eigenvalue weighted by atomic mass is 10.2. The predicted molar refractivity (Wildman–Crippen MR) is 75.9 cm³/mol. The number of aromatic nitrogens is 2. The number of hydrogen-bond acceptors (Lipinski definition) is 4. The number of carboxylic acids is 1. The van der Waals surface area contributed by atoms with E-state index in [0.717, 1.165) is 3.57 Å². The molecular formula is C11H6BrIN2O3. The molecule has 92 valence electrons. The highest BCUT2D eigenvalue weighted by atomic mass is 127. The number of hydrogen-bond donors (Lipinski definition) is 1. The van der Waals surface area contributed by atoms with Crippen LogP contribution < -0.4 is 4.74 Å². The Morgan fingerprint density at radius 1 is 1.33 bits per heavy atom. The Kier molecular flexibility index (Phi) is 4.12. The molecule has 0 aliphatic carbocycles. The Morgan fingerprint density at radius 3 is 2.61 bits per heavy atom. The third-order valence-electron chi connectivity index (χ3n) is 1.98. The molecule has 0 aliphatic heterocycles. The lowest BCUT2D eigenvalue weighted by Crippen LogP contribution is -1.98. The van der Waals surface area contributed by atoms with Crippen LogP contribution in [0.1, 0.15) is 10.4 Å². The zero-order chi connectivity index (χ0) is 13.1. The molecule has 0 fully saturated rings. The molecule has 7 heteroatoms. The third kappa shape index (κ3) is 3.16. The number of benzene rings is 1. The summed E-state index contributed by atoms with van der Waals surface area (Å²) >= 11 is 5.36. The van der Waals surface area contributed by atoms with Crippen molar-refractivity contribution in [3.63, 3.8) is 0 Å². The van der Waals surface area contributed by atoms with Crippen LogP contribution in [-0.2, 0) is 0 Å². The average Bonchev–Trinajstić information content (AvgIpc) is 2.34. The van der Waals surface area contributed by atoms with Crippen LogP contribution in [0, 0.1) is 3.57 Å². The largest absolute Gasteiger partial charge is 0.478 e. The quantitative estimate of drug-likeness (QED) is 0.771. The summed E-state index contributed by atoms with van der Waals surface area (Å²) in [6.07, 6.45) is 3.22. The maximum Gasteiger partial charge on any atom is 0.335 e. The fourth-order valence-electron chi connectivity index (χ4n) is 1.17. The van der Waals surface area contributed by atoms with Gasteiger partial charge in [0.2, 0.25) is 0 Å². The molecule has 0 amide bonds. The number of carbonyl (C=O) groups is 1. The van der Waals surface area contributed by atoms with E-state index in [2.05, 4.69) is 48.5 Å². The molecule has 1 heterocycles. The van der Waals surface area contributed by atoms with E-state index >= 15 is 0 Å². The minimum Gasteiger partial charge on any atom is -0.478 e. The second-order valence-corrected chi connectivity index (χ2v) is 5.34. The van der Waals surface area contributed by atoms with E-state index in [1.54, 1.807) is 18.5 Å². The summed E-state index contributed by atoms with van der Waals surface area (Å²) in [6, 6.07) is 4.66. The standard InChI is InChI=1S/C11H6BrIN2O3/c12-8-2-1-6(10(16)17)3-9(8)18-11-14-4-7(13)5-15-11/h1-5H,(H,16,17). The van der Waals surface area contributed by atoms with Gasteiger partial charge in [-0.2, -0.15) is 0 Å². The van der Waals surface area contributed by atoms with Gasteiger partial charge in [0.15, 0.2) is 0 Å². The molecule has 0 unspecified atom stereocenters. The number of rotatable bonds is 3. The summed E-state index contributed by atoms with van der Waals surface area (Å²) in [5.41, 5.74) is 0.138. The molecule has 0 radical (unpaired) electrons. The number of aromatic carboxylic acids is 1. The average molecular weight is 421 g/mol. The highest BCUT2D eigenvalue weighted by Crippen LogP contribution is 2.29. The van der Waals surface area contributed by atoms with Gasteiger partial charge in [0.1, 0.15) is 5.75 Å². The smallest absolute Gasteiger partial charge is 0.335 e. The van der Waals surface area contributed by atoms with Gasteiger partial charge in [-0.05, 0) is 56.7 Å². The van der Waals surface area contributed by atoms with Crippen molar-refractivity contribution in [1.29, 1.82) is 0 Å². The number of ether oxygens (including phenoxy) is 1. The zero-order valence-electron chi connectivity index (χ0n) is 8.80. The molecule has 2 aromatic rings. The van der Waals surface area contributed by atoms with Gasteiger partial charge < -0.3 is 9.84 Å². The van der Waals surface area contributed by atoms with E-state index in [1.807, 2.05) is 0 Å². The van der Waals surface area contributed by atoms with Crippen LogP contribution in [0.2, 0.25) is 0 Å². The summed E-state index contributed by atoms with van der Waals surface area (Å²) in [7, 11) is 0. The Morgan fingerprint density at radius 2 is 2.00 bits per heavy atom. The van der Waals surface area contributed by atoms with Gasteiger partial charge in [0.25, 0.3) is 0 Å². The molecule has 1 aromatic carbocycles. The van der Waals surface area contributed by atoms with Crippen LogP contribution in [0.25, 0.3) is 0 Å². The highest BCUT2D eigenvalue weighted by molar-refractivity contribution is 14.1. The van der Waals surface area contributed by atoms with Crippen molar-refractivity contribution in [3.05, 3.63) is 44.2 Å². The second-order valence-electron chi connectivity index (χ2n) is 3.24. The van der Waals surface area contributed by atoms with Crippen molar-refractivity contribution in [2.24, 2.45) is 0 Å². The minimum absolute atomic E-state index is 0.138. The van der Waals surface area contributed by atoms with E-state index in [1.165, 1.54) is 12.1 Å². The van der Waals surface area contributed by atoms with Crippen LogP contribution >= 0.6 is 38.5 Å². The molecule has 0 aliphatic rings. The monoisotopic (exact) mass is 420 g/mol. The van der Waals surface area contributed by atoms with E-state index in [9.17, 15) is 4.79 Å². The first kappa shape index (κ1) is 13.2. The van der Waals surface area contributed by atoms with Crippen molar-refractivity contribution in [1.82, 2.24) is 9.97 Å². The fourth-order valence-corrected chi connectivity index (χ4v) is 1.77. The molecule has 1 aromatic heterocycles. The summed E-state index contributed by atoms with van der Waals surface area (Å²) in [5.74, 6) is -0.660. The van der Waals surface area contributed by atoms with E-state index < -0.39 is 5.97 Å². The van der Waals surface area contributed by atoms with Gasteiger partial charge in [-0.25, -0.2) is 14.8 Å². The highest BCUT2D eigenvalue weighted by Gasteiger charge is 2.10. The van der Waals surface area contributed by atoms with Crippen molar-refractivity contribution < 1.29 is 14.6 Å². The van der Waals surface area contributed by atoms with Gasteiger partial charge in [0, 0.05) is 16.0 Å². The number of halogens is 2. The Labute approximate surface area is 124 Å². The van der Waals surface area contributed by atoms with Crippen LogP contribution in [0.4, 0.5) is 0 Å². The molecule has 0 spiro atoms. The fraction of sp³-hybridized carbons (Fsp3) is 0. The van der Waals surface area contributed by atoms with Crippen molar-refractivity contribution in [3.8, 4) is 11.8 Å². The normalized spacial score (nSPS) is 10.1. The van der Waals surface area contributed by atoms with Gasteiger partial charge in [-0.3, -0.25) is 0 Å². The summed E-state index contributed by atoms with van der Waals surface area (Å²) in [4.78, 5) is 18.8. The summed E-state index contributed by atoms with van der Waals surface area (Å²) < 4.78 is 6.94. The topological polar surface area (TPSA) is 72.3 Å². The lowest BCUT2D eigenvalue weighted by Gasteiger charge is -2.06. The Hall–Kier alpha value is -1.22. The first-order chi connectivity index (χ1) is 8.56. The molecule has 0 saturated heterocycles. The summed E-state index contributed by atoms with van der Waals surface area (Å²) in [5, 5.41) is 8.90. The molecule has 0 saturated carbocycles. The van der Waals surface area contributed by atoms with Crippen LogP contribution in [-0.4, -0.2) is 21.0 Å². The maximum atomic E-state index is 10.9. The SMILES string of the molecule is O=C(O)c1ccc(Br)c(Oc2ncc(I)cn2)c1.